The first kappa shape index (κ1) is 19.9. The number of carbonyl (C=O) groups excluding carboxylic acids is 2. The molecule has 6 nitrogen and oxygen atoms in total. The number of carbonyl (C=O) groups is 2. The minimum atomic E-state index is -0.722. The molecule has 1 fully saturated rings. The third-order valence-corrected chi connectivity index (χ3v) is 5.12. The number of aryl methyl sites for hydroxylation is 1. The van der Waals surface area contributed by atoms with Crippen molar-refractivity contribution in [2.24, 2.45) is 5.41 Å². The fourth-order valence-electron chi connectivity index (χ4n) is 3.68. The Morgan fingerprint density at radius 1 is 1.32 bits per heavy atom. The minimum Gasteiger partial charge on any atom is -0.466 e. The number of aromatic nitrogens is 2. The number of benzene rings is 1. The number of likely N-dealkylation sites (tertiary alicyclic amines) is 1. The van der Waals surface area contributed by atoms with E-state index in [1.54, 1.807) is 11.0 Å². The smallest absolute Gasteiger partial charge is 0.314 e. The fraction of sp³-hybridized carbons (Fsp3) is 0.409. The van der Waals surface area contributed by atoms with Gasteiger partial charge < -0.3 is 9.64 Å². The van der Waals surface area contributed by atoms with E-state index in [4.69, 9.17) is 4.74 Å². The van der Waals surface area contributed by atoms with Gasteiger partial charge in [0, 0.05) is 18.8 Å². The van der Waals surface area contributed by atoms with E-state index < -0.39 is 5.41 Å². The van der Waals surface area contributed by atoms with Gasteiger partial charge in [0.2, 0.25) is 0 Å². The molecule has 0 bridgehead atoms. The first-order valence-electron chi connectivity index (χ1n) is 9.74. The molecule has 0 spiro atoms. The summed E-state index contributed by atoms with van der Waals surface area (Å²) in [6, 6.07) is 11.7. The number of esters is 1. The number of H-pyrrole nitrogens is 1. The molecule has 1 aromatic carbocycles. The average Bonchev–Trinajstić information content (AvgIpc) is 3.15. The van der Waals surface area contributed by atoms with Crippen molar-refractivity contribution in [2.75, 3.05) is 19.7 Å². The maximum atomic E-state index is 12.9. The Balaban J connectivity index is 1.79. The molecule has 1 saturated heterocycles. The molecular weight excluding hydrogens is 354 g/mol. The van der Waals surface area contributed by atoms with Crippen molar-refractivity contribution in [1.29, 1.82) is 0 Å². The molecule has 1 N–H and O–H groups in total. The zero-order chi connectivity index (χ0) is 20.0. The van der Waals surface area contributed by atoms with Crippen LogP contribution in [0.3, 0.4) is 0 Å². The lowest BCUT2D eigenvalue weighted by Gasteiger charge is -2.40. The maximum absolute atomic E-state index is 12.9. The number of rotatable bonds is 6. The molecule has 28 heavy (non-hydrogen) atoms. The highest BCUT2D eigenvalue weighted by Gasteiger charge is 2.44. The number of aromatic amines is 1. The number of hydrogen-bond acceptors (Lipinski definition) is 4. The van der Waals surface area contributed by atoms with Crippen LogP contribution in [-0.4, -0.2) is 46.7 Å². The summed E-state index contributed by atoms with van der Waals surface area (Å²) in [5, 5.41) is 6.88. The van der Waals surface area contributed by atoms with E-state index in [-0.39, 0.29) is 11.9 Å². The molecule has 1 aliphatic heterocycles. The molecule has 2 heterocycles. The van der Waals surface area contributed by atoms with Crippen molar-refractivity contribution in [3.63, 3.8) is 0 Å². The second-order valence-corrected chi connectivity index (χ2v) is 7.28. The molecule has 0 aliphatic carbocycles. The van der Waals surface area contributed by atoms with Crippen molar-refractivity contribution in [3.05, 3.63) is 59.4 Å². The fourth-order valence-corrected chi connectivity index (χ4v) is 3.68. The Labute approximate surface area is 165 Å². The van der Waals surface area contributed by atoms with E-state index in [0.717, 1.165) is 17.7 Å². The van der Waals surface area contributed by atoms with Crippen molar-refractivity contribution in [2.45, 2.75) is 33.1 Å². The quantitative estimate of drug-likeness (QED) is 0.776. The minimum absolute atomic E-state index is 0.148. The third kappa shape index (κ3) is 4.50. The predicted molar refractivity (Wildman–Crippen MR) is 108 cm³/mol. The standard InChI is InChI=1S/C22H27N3O3/c1-3-28-21(27)22(12-7-11-18-9-5-4-6-10-18)13-8-14-25(16-22)20(26)19-15-17(2)23-24-19/h4-7,9-11,15H,3,8,12-14,16H2,1-2H3,(H,23,24)/b11-7+. The average molecular weight is 381 g/mol. The van der Waals surface area contributed by atoms with Gasteiger partial charge in [0.25, 0.3) is 5.91 Å². The molecule has 0 radical (unpaired) electrons. The summed E-state index contributed by atoms with van der Waals surface area (Å²) in [6.07, 6.45) is 6.02. The highest BCUT2D eigenvalue weighted by atomic mass is 16.5. The van der Waals surface area contributed by atoms with E-state index in [9.17, 15) is 9.59 Å². The summed E-state index contributed by atoms with van der Waals surface area (Å²) < 4.78 is 5.39. The van der Waals surface area contributed by atoms with Crippen molar-refractivity contribution in [3.8, 4) is 0 Å². The molecule has 2 aromatic rings. The van der Waals surface area contributed by atoms with Gasteiger partial charge in [0.1, 0.15) is 5.69 Å². The van der Waals surface area contributed by atoms with Gasteiger partial charge in [-0.1, -0.05) is 42.5 Å². The van der Waals surface area contributed by atoms with E-state index in [2.05, 4.69) is 10.2 Å². The molecule has 148 valence electrons. The van der Waals surface area contributed by atoms with E-state index in [0.29, 0.717) is 38.2 Å². The number of hydrogen-bond donors (Lipinski definition) is 1. The molecule has 1 aromatic heterocycles. The van der Waals surface area contributed by atoms with Crippen molar-refractivity contribution < 1.29 is 14.3 Å². The van der Waals surface area contributed by atoms with E-state index >= 15 is 0 Å². The largest absolute Gasteiger partial charge is 0.466 e. The molecule has 1 amide bonds. The van der Waals surface area contributed by atoms with Crippen LogP contribution in [0.15, 0.2) is 42.5 Å². The van der Waals surface area contributed by atoms with Gasteiger partial charge in [-0.05, 0) is 44.7 Å². The van der Waals surface area contributed by atoms with Crippen molar-refractivity contribution >= 4 is 18.0 Å². The lowest BCUT2D eigenvalue weighted by atomic mass is 9.76. The number of nitrogens with zero attached hydrogens (tertiary/aromatic N) is 2. The summed E-state index contributed by atoms with van der Waals surface area (Å²) in [6.45, 7) is 4.96. The number of allylic oxidation sites excluding steroid dienone is 1. The van der Waals surface area contributed by atoms with Crippen LogP contribution in [0.25, 0.3) is 6.08 Å². The zero-order valence-corrected chi connectivity index (χ0v) is 16.5. The SMILES string of the molecule is CCOC(=O)C1(C/C=C/c2ccccc2)CCCN(C(=O)c2cc(C)[nH]n2)C1. The first-order valence-corrected chi connectivity index (χ1v) is 9.74. The Bertz CT molecular complexity index is 844. The summed E-state index contributed by atoms with van der Waals surface area (Å²) >= 11 is 0. The summed E-state index contributed by atoms with van der Waals surface area (Å²) in [5.74, 6) is -0.381. The van der Waals surface area contributed by atoms with Crippen LogP contribution >= 0.6 is 0 Å². The Morgan fingerprint density at radius 3 is 2.79 bits per heavy atom. The second kappa shape index (κ2) is 8.87. The van der Waals surface area contributed by atoms with Gasteiger partial charge in [-0.25, -0.2) is 0 Å². The number of nitrogens with one attached hydrogen (secondary N) is 1. The van der Waals surface area contributed by atoms with Crippen LogP contribution in [0.2, 0.25) is 0 Å². The van der Waals surface area contributed by atoms with Crippen LogP contribution in [0, 0.1) is 12.3 Å². The molecule has 0 saturated carbocycles. The van der Waals surface area contributed by atoms with Gasteiger partial charge in [-0.2, -0.15) is 5.10 Å². The topological polar surface area (TPSA) is 75.3 Å². The predicted octanol–water partition coefficient (Wildman–Crippen LogP) is 3.61. The second-order valence-electron chi connectivity index (χ2n) is 7.28. The van der Waals surface area contributed by atoms with Gasteiger partial charge in [0.05, 0.1) is 12.0 Å². The normalized spacial score (nSPS) is 19.7. The number of piperidine rings is 1. The molecule has 3 rings (SSSR count). The molecule has 1 unspecified atom stereocenters. The molecule has 6 heteroatoms. The van der Waals surface area contributed by atoms with Crippen LogP contribution < -0.4 is 0 Å². The van der Waals surface area contributed by atoms with Crippen LogP contribution in [0.4, 0.5) is 0 Å². The summed E-state index contributed by atoms with van der Waals surface area (Å²) in [4.78, 5) is 27.4. The third-order valence-electron chi connectivity index (χ3n) is 5.12. The lowest BCUT2D eigenvalue weighted by Crippen LogP contribution is -2.50. The highest BCUT2D eigenvalue weighted by Crippen LogP contribution is 2.36. The van der Waals surface area contributed by atoms with Crippen LogP contribution in [0.5, 0.6) is 0 Å². The van der Waals surface area contributed by atoms with Gasteiger partial charge in [0.15, 0.2) is 0 Å². The van der Waals surface area contributed by atoms with E-state index in [1.165, 1.54) is 0 Å². The number of ether oxygens (including phenoxy) is 1. The Morgan fingerprint density at radius 2 is 2.11 bits per heavy atom. The monoisotopic (exact) mass is 381 g/mol. The van der Waals surface area contributed by atoms with Gasteiger partial charge >= 0.3 is 5.97 Å². The van der Waals surface area contributed by atoms with Crippen molar-refractivity contribution in [1.82, 2.24) is 15.1 Å². The maximum Gasteiger partial charge on any atom is 0.314 e. The first-order chi connectivity index (χ1) is 13.5. The Hall–Kier alpha value is -2.89. The summed E-state index contributed by atoms with van der Waals surface area (Å²) in [7, 11) is 0. The number of amides is 1. The molecule has 1 aliphatic rings. The Kier molecular flexibility index (Phi) is 6.29. The van der Waals surface area contributed by atoms with Gasteiger partial charge in [-0.3, -0.25) is 14.7 Å². The highest BCUT2D eigenvalue weighted by molar-refractivity contribution is 5.93. The molecule has 1 atom stereocenters. The van der Waals surface area contributed by atoms with Crippen LogP contribution in [0.1, 0.15) is 47.9 Å². The zero-order valence-electron chi connectivity index (χ0n) is 16.5. The lowest BCUT2D eigenvalue weighted by molar-refractivity contribution is -0.158. The van der Waals surface area contributed by atoms with E-state index in [1.807, 2.05) is 56.3 Å². The molecular formula is C22H27N3O3. The summed E-state index contributed by atoms with van der Waals surface area (Å²) in [5.41, 5.74) is 1.58. The van der Waals surface area contributed by atoms with Gasteiger partial charge in [-0.15, -0.1) is 0 Å². The van der Waals surface area contributed by atoms with Crippen LogP contribution in [-0.2, 0) is 9.53 Å².